The summed E-state index contributed by atoms with van der Waals surface area (Å²) in [6.07, 6.45) is 31.6. The lowest BCUT2D eigenvalue weighted by Gasteiger charge is -2.11. The van der Waals surface area contributed by atoms with Crippen LogP contribution < -0.4 is 0 Å². The average Bonchev–Trinajstić information content (AvgIpc) is 2.73. The number of carbonyl (C=O) groups excluding carboxylic acids is 1. The Bertz CT molecular complexity index is 549. The lowest BCUT2D eigenvalue weighted by molar-refractivity contribution is -0.152. The molecule has 2 N–H and O–H groups in total. The molecule has 0 fully saturated rings. The molecule has 0 bridgehead atoms. The quantitative estimate of drug-likeness (QED) is 0.254. The molecule has 0 heterocycles. The molecule has 0 saturated carbocycles. The SMILES string of the molecule is CCCC=CCC=CCC=CCC=CCC=CCC=CCC(=O)OC(CO)CO. The van der Waals surface area contributed by atoms with Gasteiger partial charge in [0.2, 0.25) is 0 Å². The summed E-state index contributed by atoms with van der Waals surface area (Å²) < 4.78 is 4.86. The van der Waals surface area contributed by atoms with Crippen molar-refractivity contribution < 1.29 is 19.7 Å². The van der Waals surface area contributed by atoms with Gasteiger partial charge in [0, 0.05) is 0 Å². The molecule has 0 saturated heterocycles. The van der Waals surface area contributed by atoms with Crippen molar-refractivity contribution in [2.75, 3.05) is 13.2 Å². The van der Waals surface area contributed by atoms with Crippen LogP contribution in [-0.4, -0.2) is 35.5 Å². The number of allylic oxidation sites excluding steroid dienone is 11. The summed E-state index contributed by atoms with van der Waals surface area (Å²) >= 11 is 0. The van der Waals surface area contributed by atoms with Crippen molar-refractivity contribution in [3.05, 3.63) is 72.9 Å². The Morgan fingerprint density at radius 1 is 0.690 bits per heavy atom. The van der Waals surface area contributed by atoms with E-state index in [1.54, 1.807) is 6.08 Å². The molecule has 0 spiro atoms. The maximum atomic E-state index is 11.4. The maximum absolute atomic E-state index is 11.4. The predicted molar refractivity (Wildman–Crippen MR) is 122 cm³/mol. The molecule has 0 atom stereocenters. The van der Waals surface area contributed by atoms with E-state index in [1.807, 2.05) is 12.2 Å². The summed E-state index contributed by atoms with van der Waals surface area (Å²) in [7, 11) is 0. The minimum absolute atomic E-state index is 0.140. The molecule has 0 aliphatic rings. The molecule has 0 aliphatic carbocycles. The minimum Gasteiger partial charge on any atom is -0.457 e. The molecule has 0 aliphatic heterocycles. The van der Waals surface area contributed by atoms with Crippen molar-refractivity contribution in [2.24, 2.45) is 0 Å². The molecular formula is C25H38O4. The van der Waals surface area contributed by atoms with Crippen molar-refractivity contribution in [1.82, 2.24) is 0 Å². The number of hydrogen-bond donors (Lipinski definition) is 2. The molecule has 0 aromatic heterocycles. The first kappa shape index (κ1) is 26.8. The van der Waals surface area contributed by atoms with Crippen molar-refractivity contribution in [2.45, 2.75) is 64.4 Å². The highest BCUT2D eigenvalue weighted by Gasteiger charge is 2.10. The van der Waals surface area contributed by atoms with Crippen LogP contribution in [-0.2, 0) is 9.53 Å². The number of ether oxygens (including phenoxy) is 1. The first-order valence-corrected chi connectivity index (χ1v) is 10.6. The molecular weight excluding hydrogens is 364 g/mol. The number of aliphatic hydroxyl groups is 2. The zero-order valence-corrected chi connectivity index (χ0v) is 17.8. The maximum Gasteiger partial charge on any atom is 0.310 e. The van der Waals surface area contributed by atoms with E-state index in [9.17, 15) is 4.79 Å². The lowest BCUT2D eigenvalue weighted by Crippen LogP contribution is -2.25. The molecule has 162 valence electrons. The normalized spacial score (nSPS) is 13.0. The van der Waals surface area contributed by atoms with E-state index in [-0.39, 0.29) is 19.6 Å². The van der Waals surface area contributed by atoms with Gasteiger partial charge >= 0.3 is 5.97 Å². The number of carbonyl (C=O) groups is 1. The summed E-state index contributed by atoms with van der Waals surface area (Å²) in [5.41, 5.74) is 0. The zero-order chi connectivity index (χ0) is 21.4. The second kappa shape index (κ2) is 22.1. The second-order valence-corrected chi connectivity index (χ2v) is 6.48. The number of aliphatic hydroxyl groups excluding tert-OH is 2. The third-order valence-electron chi connectivity index (χ3n) is 3.81. The summed E-state index contributed by atoms with van der Waals surface area (Å²) in [6, 6.07) is 0. The van der Waals surface area contributed by atoms with Gasteiger partial charge in [0.05, 0.1) is 19.6 Å². The molecule has 4 heteroatoms. The molecule has 29 heavy (non-hydrogen) atoms. The fourth-order valence-corrected chi connectivity index (χ4v) is 2.19. The van der Waals surface area contributed by atoms with Crippen molar-refractivity contribution in [1.29, 1.82) is 0 Å². The summed E-state index contributed by atoms with van der Waals surface area (Å²) in [6.45, 7) is 1.45. The van der Waals surface area contributed by atoms with Gasteiger partial charge in [-0.3, -0.25) is 4.79 Å². The average molecular weight is 403 g/mol. The van der Waals surface area contributed by atoms with Gasteiger partial charge in [0.15, 0.2) is 0 Å². The topological polar surface area (TPSA) is 66.8 Å². The summed E-state index contributed by atoms with van der Waals surface area (Å²) in [5, 5.41) is 17.7. The Hall–Kier alpha value is -2.17. The number of unbranched alkanes of at least 4 members (excludes halogenated alkanes) is 1. The van der Waals surface area contributed by atoms with E-state index in [2.05, 4.69) is 61.6 Å². The Kier molecular flexibility index (Phi) is 20.5. The molecule has 0 rings (SSSR count). The van der Waals surface area contributed by atoms with Crippen LogP contribution in [0, 0.1) is 0 Å². The Morgan fingerprint density at radius 2 is 1.07 bits per heavy atom. The van der Waals surface area contributed by atoms with Crippen molar-refractivity contribution in [3.63, 3.8) is 0 Å². The Labute approximate surface area is 176 Å². The molecule has 0 radical (unpaired) electrons. The minimum atomic E-state index is -0.827. The standard InChI is InChI=1S/C25H38O4/c1-2-3-4-5-6-7-8-9-10-11-12-13-14-15-16-17-18-19-20-21-25(28)29-24(22-26)23-27/h4-5,7-8,10-11,13-14,16-17,19-20,24,26-27H,2-3,6,9,12,15,18,21-23H2,1H3. The van der Waals surface area contributed by atoms with Crippen LogP contribution in [0.3, 0.4) is 0 Å². The van der Waals surface area contributed by atoms with Crippen molar-refractivity contribution >= 4 is 5.97 Å². The highest BCUT2D eigenvalue weighted by molar-refractivity contribution is 5.71. The second-order valence-electron chi connectivity index (χ2n) is 6.48. The molecule has 0 aromatic carbocycles. The third kappa shape index (κ3) is 20.4. The smallest absolute Gasteiger partial charge is 0.310 e. The van der Waals surface area contributed by atoms with Crippen LogP contribution in [0.4, 0.5) is 0 Å². The summed E-state index contributed by atoms with van der Waals surface area (Å²) in [5.74, 6) is -0.450. The van der Waals surface area contributed by atoms with E-state index >= 15 is 0 Å². The van der Waals surface area contributed by atoms with Crippen LogP contribution in [0.25, 0.3) is 0 Å². The fourth-order valence-electron chi connectivity index (χ4n) is 2.19. The number of rotatable bonds is 17. The van der Waals surface area contributed by atoms with Gasteiger partial charge in [-0.2, -0.15) is 0 Å². The van der Waals surface area contributed by atoms with Crippen LogP contribution in [0.15, 0.2) is 72.9 Å². The Balaban J connectivity index is 3.66. The van der Waals surface area contributed by atoms with Gasteiger partial charge in [0.1, 0.15) is 6.10 Å². The number of hydrogen-bond acceptors (Lipinski definition) is 4. The van der Waals surface area contributed by atoms with E-state index in [0.717, 1.165) is 32.1 Å². The number of esters is 1. The Morgan fingerprint density at radius 3 is 1.45 bits per heavy atom. The largest absolute Gasteiger partial charge is 0.457 e. The van der Waals surface area contributed by atoms with E-state index < -0.39 is 12.1 Å². The first-order valence-electron chi connectivity index (χ1n) is 10.6. The fraction of sp³-hybridized carbons (Fsp3) is 0.480. The van der Waals surface area contributed by atoms with E-state index in [1.165, 1.54) is 12.8 Å². The molecule has 4 nitrogen and oxygen atoms in total. The highest BCUT2D eigenvalue weighted by atomic mass is 16.6. The van der Waals surface area contributed by atoms with Crippen LogP contribution in [0.1, 0.15) is 58.3 Å². The lowest BCUT2D eigenvalue weighted by atomic mass is 10.2. The monoisotopic (exact) mass is 402 g/mol. The van der Waals surface area contributed by atoms with Crippen LogP contribution >= 0.6 is 0 Å². The van der Waals surface area contributed by atoms with Gasteiger partial charge < -0.3 is 14.9 Å². The zero-order valence-electron chi connectivity index (χ0n) is 17.8. The van der Waals surface area contributed by atoms with Crippen molar-refractivity contribution in [3.8, 4) is 0 Å². The predicted octanol–water partition coefficient (Wildman–Crippen LogP) is 5.36. The van der Waals surface area contributed by atoms with Gasteiger partial charge in [-0.25, -0.2) is 0 Å². The van der Waals surface area contributed by atoms with E-state index in [4.69, 9.17) is 14.9 Å². The van der Waals surface area contributed by atoms with Gasteiger partial charge in [-0.15, -0.1) is 0 Å². The van der Waals surface area contributed by atoms with Gasteiger partial charge in [-0.1, -0.05) is 86.3 Å². The summed E-state index contributed by atoms with van der Waals surface area (Å²) in [4.78, 5) is 11.4. The highest BCUT2D eigenvalue weighted by Crippen LogP contribution is 1.99. The van der Waals surface area contributed by atoms with Crippen LogP contribution in [0.5, 0.6) is 0 Å². The van der Waals surface area contributed by atoms with Gasteiger partial charge in [-0.05, 0) is 38.5 Å². The molecule has 0 aromatic rings. The molecule has 0 unspecified atom stereocenters. The molecule has 0 amide bonds. The van der Waals surface area contributed by atoms with E-state index in [0.29, 0.717) is 0 Å². The van der Waals surface area contributed by atoms with Gasteiger partial charge in [0.25, 0.3) is 0 Å². The van der Waals surface area contributed by atoms with Crippen LogP contribution in [0.2, 0.25) is 0 Å². The third-order valence-corrected chi connectivity index (χ3v) is 3.81. The first-order chi connectivity index (χ1) is 14.2.